The van der Waals surface area contributed by atoms with E-state index in [2.05, 4.69) is 0 Å². The van der Waals surface area contributed by atoms with Gasteiger partial charge in [0.2, 0.25) is 0 Å². The number of para-hydroxylation sites is 1. The normalized spacial score (nSPS) is 13.6. The minimum absolute atomic E-state index is 0.120. The second-order valence-corrected chi connectivity index (χ2v) is 9.21. The van der Waals surface area contributed by atoms with Crippen LogP contribution in [-0.2, 0) is 14.1 Å². The molecule has 0 atom stereocenters. The van der Waals surface area contributed by atoms with Crippen molar-refractivity contribution in [2.45, 2.75) is 18.9 Å². The van der Waals surface area contributed by atoms with Crippen LogP contribution in [0.4, 0.5) is 11.4 Å². The molecule has 0 bridgehead atoms. The van der Waals surface area contributed by atoms with E-state index in [0.717, 1.165) is 29.4 Å². The average Bonchev–Trinajstić information content (AvgIpc) is 3.63. The zero-order valence-electron chi connectivity index (χ0n) is 19.8. The zero-order valence-corrected chi connectivity index (χ0v) is 19.8. The smallest absolute Gasteiger partial charge is 0.337 e. The highest BCUT2D eigenvalue weighted by Gasteiger charge is 2.31. The number of anilines is 2. The second-order valence-electron chi connectivity index (χ2n) is 9.21. The molecule has 3 heterocycles. The topological polar surface area (TPSA) is 74.2 Å². The first-order chi connectivity index (χ1) is 16.9. The van der Waals surface area contributed by atoms with Gasteiger partial charge in [-0.05, 0) is 49.2 Å². The number of hydrogen-bond donors (Lipinski definition) is 0. The van der Waals surface area contributed by atoms with Crippen molar-refractivity contribution in [2.75, 3.05) is 11.9 Å². The van der Waals surface area contributed by atoms with Gasteiger partial charge < -0.3 is 9.47 Å². The SMILES string of the molecule is CN(c1ccc2c(ccn2C)c1)c1cc(=O)n(C)c2c1c(=O)n(C1CC1)c(=O)n2-c1ccccc1. The third-order valence-electron chi connectivity index (χ3n) is 6.97. The van der Waals surface area contributed by atoms with Crippen LogP contribution < -0.4 is 21.7 Å². The summed E-state index contributed by atoms with van der Waals surface area (Å²) in [6.07, 6.45) is 3.57. The van der Waals surface area contributed by atoms with E-state index in [1.54, 1.807) is 7.05 Å². The van der Waals surface area contributed by atoms with Crippen molar-refractivity contribution >= 4 is 33.3 Å². The molecule has 6 rings (SSSR count). The van der Waals surface area contributed by atoms with Gasteiger partial charge in [-0.3, -0.25) is 18.7 Å². The molecule has 0 spiro atoms. The number of benzene rings is 2. The molecular weight excluding hydrogens is 442 g/mol. The van der Waals surface area contributed by atoms with Crippen LogP contribution in [-0.4, -0.2) is 25.3 Å². The van der Waals surface area contributed by atoms with E-state index in [1.165, 1.54) is 19.8 Å². The first-order valence-corrected chi connectivity index (χ1v) is 11.6. The fraction of sp³-hybridized carbons (Fsp3) is 0.222. The predicted octanol–water partition coefficient (Wildman–Crippen LogP) is 3.45. The summed E-state index contributed by atoms with van der Waals surface area (Å²) in [6.45, 7) is 0. The van der Waals surface area contributed by atoms with Gasteiger partial charge in [0.15, 0.2) is 0 Å². The van der Waals surface area contributed by atoms with Crippen molar-refractivity contribution in [1.82, 2.24) is 18.3 Å². The number of rotatable bonds is 4. The lowest BCUT2D eigenvalue weighted by Gasteiger charge is -2.24. The average molecular weight is 468 g/mol. The van der Waals surface area contributed by atoms with Crippen molar-refractivity contribution in [3.8, 4) is 5.69 Å². The Morgan fingerprint density at radius 3 is 2.37 bits per heavy atom. The van der Waals surface area contributed by atoms with Crippen LogP contribution in [0.5, 0.6) is 0 Å². The Morgan fingerprint density at radius 1 is 0.914 bits per heavy atom. The molecule has 0 N–H and O–H groups in total. The summed E-state index contributed by atoms with van der Waals surface area (Å²) >= 11 is 0. The summed E-state index contributed by atoms with van der Waals surface area (Å²) < 4.78 is 6.28. The fourth-order valence-electron chi connectivity index (χ4n) is 4.89. The molecule has 1 fully saturated rings. The quantitative estimate of drug-likeness (QED) is 0.406. The summed E-state index contributed by atoms with van der Waals surface area (Å²) in [7, 11) is 5.44. The Morgan fingerprint density at radius 2 is 1.66 bits per heavy atom. The molecule has 0 saturated heterocycles. The lowest BCUT2D eigenvalue weighted by molar-refractivity contribution is 0.637. The van der Waals surface area contributed by atoms with Crippen molar-refractivity contribution in [2.24, 2.45) is 14.1 Å². The van der Waals surface area contributed by atoms with Gasteiger partial charge in [-0.1, -0.05) is 18.2 Å². The maximum Gasteiger partial charge on any atom is 0.337 e. The Balaban J connectivity index is 1.71. The summed E-state index contributed by atoms with van der Waals surface area (Å²) in [5, 5.41) is 1.40. The minimum Gasteiger partial charge on any atom is -0.351 e. The van der Waals surface area contributed by atoms with Gasteiger partial charge in [0.1, 0.15) is 11.0 Å². The predicted molar refractivity (Wildman–Crippen MR) is 138 cm³/mol. The fourth-order valence-corrected chi connectivity index (χ4v) is 4.89. The highest BCUT2D eigenvalue weighted by atomic mass is 16.2. The Bertz CT molecular complexity index is 1800. The van der Waals surface area contributed by atoms with Gasteiger partial charge in [0, 0.05) is 56.0 Å². The van der Waals surface area contributed by atoms with E-state index < -0.39 is 5.69 Å². The highest BCUT2D eigenvalue weighted by molar-refractivity contribution is 5.93. The molecular formula is C27H25N5O3. The van der Waals surface area contributed by atoms with Gasteiger partial charge >= 0.3 is 5.69 Å². The molecule has 176 valence electrons. The van der Waals surface area contributed by atoms with Crippen molar-refractivity contribution in [3.05, 3.63) is 98.1 Å². The van der Waals surface area contributed by atoms with Crippen LogP contribution in [0.1, 0.15) is 18.9 Å². The Hall–Kier alpha value is -4.33. The zero-order chi connectivity index (χ0) is 24.4. The van der Waals surface area contributed by atoms with E-state index in [-0.39, 0.29) is 17.2 Å². The number of fused-ring (bicyclic) bond motifs is 2. The molecule has 0 unspecified atom stereocenters. The molecule has 3 aromatic heterocycles. The molecule has 1 aliphatic rings. The summed E-state index contributed by atoms with van der Waals surface area (Å²) in [6, 6.07) is 18.6. The molecule has 0 radical (unpaired) electrons. The lowest BCUT2D eigenvalue weighted by atomic mass is 10.1. The van der Waals surface area contributed by atoms with E-state index in [1.807, 2.05) is 84.4 Å². The van der Waals surface area contributed by atoms with Gasteiger partial charge in [-0.25, -0.2) is 9.36 Å². The molecule has 0 amide bonds. The maximum atomic E-state index is 13.9. The Labute approximate surface area is 200 Å². The van der Waals surface area contributed by atoms with Crippen LogP contribution in [0.15, 0.2) is 81.2 Å². The number of aryl methyl sites for hydroxylation is 2. The van der Waals surface area contributed by atoms with E-state index >= 15 is 0 Å². The number of hydrogen-bond acceptors (Lipinski definition) is 4. The van der Waals surface area contributed by atoms with Crippen LogP contribution in [0.3, 0.4) is 0 Å². The first kappa shape index (κ1) is 21.2. The molecule has 5 aromatic rings. The summed E-state index contributed by atoms with van der Waals surface area (Å²) in [5.41, 5.74) is 2.22. The molecule has 35 heavy (non-hydrogen) atoms. The molecule has 1 aliphatic carbocycles. The molecule has 8 nitrogen and oxygen atoms in total. The van der Waals surface area contributed by atoms with Gasteiger partial charge in [-0.2, -0.15) is 0 Å². The maximum absolute atomic E-state index is 13.9. The molecule has 8 heteroatoms. The van der Waals surface area contributed by atoms with E-state index in [9.17, 15) is 14.4 Å². The summed E-state index contributed by atoms with van der Waals surface area (Å²) in [5.74, 6) is 0. The van der Waals surface area contributed by atoms with Gasteiger partial charge in [-0.15, -0.1) is 0 Å². The molecule has 1 saturated carbocycles. The van der Waals surface area contributed by atoms with Gasteiger partial charge in [0.05, 0.1) is 11.4 Å². The van der Waals surface area contributed by atoms with Gasteiger partial charge in [0.25, 0.3) is 11.1 Å². The monoisotopic (exact) mass is 467 g/mol. The number of nitrogens with zero attached hydrogens (tertiary/aromatic N) is 5. The van der Waals surface area contributed by atoms with Crippen LogP contribution in [0.2, 0.25) is 0 Å². The third-order valence-corrected chi connectivity index (χ3v) is 6.97. The third kappa shape index (κ3) is 3.17. The summed E-state index contributed by atoms with van der Waals surface area (Å²) in [4.78, 5) is 42.5. The first-order valence-electron chi connectivity index (χ1n) is 11.6. The van der Waals surface area contributed by atoms with E-state index in [4.69, 9.17) is 0 Å². The van der Waals surface area contributed by atoms with Crippen molar-refractivity contribution in [3.63, 3.8) is 0 Å². The lowest BCUT2D eigenvalue weighted by Crippen LogP contribution is -2.41. The van der Waals surface area contributed by atoms with Crippen molar-refractivity contribution < 1.29 is 0 Å². The largest absolute Gasteiger partial charge is 0.351 e. The van der Waals surface area contributed by atoms with Crippen LogP contribution >= 0.6 is 0 Å². The molecule has 0 aliphatic heterocycles. The second kappa shape index (κ2) is 7.59. The van der Waals surface area contributed by atoms with Crippen LogP contribution in [0, 0.1) is 0 Å². The number of aromatic nitrogens is 4. The van der Waals surface area contributed by atoms with Crippen molar-refractivity contribution in [1.29, 1.82) is 0 Å². The van der Waals surface area contributed by atoms with E-state index in [0.29, 0.717) is 22.4 Å². The standard InChI is InChI=1S/C27H25N5O3/c1-28-14-13-17-15-20(11-12-21(17)28)29(2)22-16-23(33)30(3)25-24(22)26(34)32(19-9-10-19)27(35)31(25)18-7-5-4-6-8-18/h4-8,11-16,19H,9-10H2,1-3H3. The molecule has 2 aromatic carbocycles. The Kier molecular flexibility index (Phi) is 4.60. The number of pyridine rings is 1. The minimum atomic E-state index is -0.420. The highest BCUT2D eigenvalue weighted by Crippen LogP contribution is 2.34. The van der Waals surface area contributed by atoms with Crippen LogP contribution in [0.25, 0.3) is 27.6 Å².